The molecule has 2 fully saturated rings. The Bertz CT molecular complexity index is 1580. The van der Waals surface area contributed by atoms with Crippen LogP contribution in [0.25, 0.3) is 22.3 Å². The number of aliphatic hydroxyl groups is 6. The monoisotopic (exact) mass is 551 g/mol. The number of rotatable bonds is 4. The first-order chi connectivity index (χ1) is 18.7. The first kappa shape index (κ1) is 26.8. The molecule has 6 rings (SSSR count). The largest absolute Gasteiger partial charge is 0.394 e. The molecule has 19 nitrogen and oxygen atoms in total. The maximum Gasteiger partial charge on any atom is 0.280 e. The smallest absolute Gasteiger partial charge is 0.280 e. The minimum absolute atomic E-state index is 0.0388. The number of aliphatic hydroxyl groups excluding tert-OH is 6. The summed E-state index contributed by atoms with van der Waals surface area (Å²) in [5.74, 6) is -0.101. The van der Waals surface area contributed by atoms with Gasteiger partial charge in [0.1, 0.15) is 36.6 Å². The first-order valence-corrected chi connectivity index (χ1v) is 11.5. The van der Waals surface area contributed by atoms with Crippen molar-refractivity contribution < 1.29 is 40.1 Å². The van der Waals surface area contributed by atoms with Crippen molar-refractivity contribution in [1.29, 1.82) is 0 Å². The predicted molar refractivity (Wildman–Crippen MR) is 127 cm³/mol. The Morgan fingerprint density at radius 3 is 1.82 bits per heavy atom. The van der Waals surface area contributed by atoms with Gasteiger partial charge in [0.25, 0.3) is 11.1 Å². The van der Waals surface area contributed by atoms with Crippen molar-refractivity contribution in [3.8, 4) is 0 Å². The van der Waals surface area contributed by atoms with Crippen LogP contribution in [0.2, 0.25) is 0 Å². The molecule has 0 bridgehead atoms. The number of nitrogens with one attached hydrogen (secondary N) is 2. The lowest BCUT2D eigenvalue weighted by atomic mass is 10.1. The number of ether oxygens (including phenoxy) is 2. The van der Waals surface area contributed by atoms with Gasteiger partial charge in [-0.1, -0.05) is 0 Å². The maximum absolute atomic E-state index is 11.7. The molecule has 0 radical (unpaired) electrons. The number of hydrogen-bond acceptors (Lipinski definition) is 15. The number of H-pyrrole nitrogens is 2. The highest BCUT2D eigenvalue weighted by atomic mass is 16.6. The van der Waals surface area contributed by atoms with E-state index in [1.54, 1.807) is 0 Å². The van der Waals surface area contributed by atoms with Crippen LogP contribution < -0.4 is 16.9 Å². The van der Waals surface area contributed by atoms with E-state index in [4.69, 9.17) is 25.4 Å². The van der Waals surface area contributed by atoms with Gasteiger partial charge >= 0.3 is 0 Å². The van der Waals surface area contributed by atoms with Crippen LogP contribution in [0.15, 0.2) is 28.6 Å². The Balaban J connectivity index is 0.000000158. The van der Waals surface area contributed by atoms with Crippen LogP contribution in [-0.4, -0.2) is 120 Å². The summed E-state index contributed by atoms with van der Waals surface area (Å²) in [6.45, 7) is -0.868. The lowest BCUT2D eigenvalue weighted by molar-refractivity contribution is -0.0511. The van der Waals surface area contributed by atoms with Crippen molar-refractivity contribution in [2.45, 2.75) is 49.1 Å². The highest BCUT2D eigenvalue weighted by Crippen LogP contribution is 2.31. The molecular formula is C20H25N9O10. The minimum atomic E-state index is -1.29. The second-order valence-corrected chi connectivity index (χ2v) is 8.79. The van der Waals surface area contributed by atoms with Gasteiger partial charge in [0.2, 0.25) is 5.95 Å². The van der Waals surface area contributed by atoms with Crippen molar-refractivity contribution in [3.05, 3.63) is 39.7 Å². The Morgan fingerprint density at radius 1 is 0.795 bits per heavy atom. The topological polar surface area (TPSA) is 293 Å². The van der Waals surface area contributed by atoms with Gasteiger partial charge in [-0.15, -0.1) is 0 Å². The molecule has 210 valence electrons. The van der Waals surface area contributed by atoms with Crippen molar-refractivity contribution in [1.82, 2.24) is 39.0 Å². The Kier molecular flexibility index (Phi) is 7.13. The van der Waals surface area contributed by atoms with E-state index in [1.165, 1.54) is 28.1 Å². The fourth-order valence-corrected chi connectivity index (χ4v) is 4.40. The molecule has 10 N–H and O–H groups in total. The van der Waals surface area contributed by atoms with E-state index in [-0.39, 0.29) is 28.3 Å². The number of nitrogens with two attached hydrogens (primary N) is 1. The summed E-state index contributed by atoms with van der Waals surface area (Å²) in [5, 5.41) is 57.4. The Labute approximate surface area is 215 Å². The number of nitrogen functional groups attached to an aromatic ring is 1. The fourth-order valence-electron chi connectivity index (χ4n) is 4.40. The van der Waals surface area contributed by atoms with Gasteiger partial charge in [0.15, 0.2) is 34.8 Å². The van der Waals surface area contributed by atoms with Gasteiger partial charge < -0.3 is 50.8 Å². The number of aromatic amines is 2. The summed E-state index contributed by atoms with van der Waals surface area (Å²) in [6, 6.07) is 0. The standard InChI is InChI=1S/C10H13N5O5.C10H12N4O5/c11-10-13-7-4(8(19)14-10)12-2-15(7)9-6(18)5(17)3(1-16)20-9;15-1-4-6(16)7(17)10(19-4)14-3-13-5-8(14)11-2-12-9(5)18/h2-3,5-6,9,16-18H,1H2,(H3,11,13,14,19);2-4,6-7,10,15-17H,1H2,(H,11,12,18)/t3-,5-,6-,9-;4-,6-,7-,10-/m11/s1. The van der Waals surface area contributed by atoms with Crippen molar-refractivity contribution in [3.63, 3.8) is 0 Å². The second-order valence-electron chi connectivity index (χ2n) is 8.79. The van der Waals surface area contributed by atoms with Crippen molar-refractivity contribution in [2.24, 2.45) is 0 Å². The third kappa shape index (κ3) is 4.55. The molecule has 2 aliphatic rings. The van der Waals surface area contributed by atoms with Crippen molar-refractivity contribution in [2.75, 3.05) is 18.9 Å². The lowest BCUT2D eigenvalue weighted by Gasteiger charge is -2.16. The molecule has 2 saturated heterocycles. The number of imidazole rings is 2. The highest BCUT2D eigenvalue weighted by Gasteiger charge is 2.45. The van der Waals surface area contributed by atoms with Gasteiger partial charge in [-0.2, -0.15) is 4.98 Å². The molecule has 0 amide bonds. The van der Waals surface area contributed by atoms with Gasteiger partial charge in [-0.25, -0.2) is 15.0 Å². The molecule has 2 aliphatic heterocycles. The summed E-state index contributed by atoms with van der Waals surface area (Å²) in [7, 11) is 0. The summed E-state index contributed by atoms with van der Waals surface area (Å²) in [4.78, 5) is 43.5. The highest BCUT2D eigenvalue weighted by molar-refractivity contribution is 5.70. The quantitative estimate of drug-likeness (QED) is 0.115. The zero-order valence-corrected chi connectivity index (χ0v) is 19.8. The van der Waals surface area contributed by atoms with Crippen LogP contribution in [0.3, 0.4) is 0 Å². The van der Waals surface area contributed by atoms with E-state index < -0.39 is 73.4 Å². The number of anilines is 1. The maximum atomic E-state index is 11.7. The van der Waals surface area contributed by atoms with Gasteiger partial charge in [0, 0.05) is 0 Å². The SMILES string of the molecule is Nc1nc2c(ncn2[C@@H]2O[C@H](CO)[C@@H](O)[C@H]2O)c(=O)[nH]1.O=c1[nH]cnc2c1ncn2[C@@H]1O[C@H](CO)[C@@H](O)[C@H]1O. The Hall–Kier alpha value is -3.82. The van der Waals surface area contributed by atoms with Crippen LogP contribution in [0.4, 0.5) is 5.95 Å². The molecule has 0 aromatic carbocycles. The molecule has 0 unspecified atom stereocenters. The molecule has 39 heavy (non-hydrogen) atoms. The Morgan fingerprint density at radius 2 is 1.31 bits per heavy atom. The van der Waals surface area contributed by atoms with Gasteiger partial charge in [-0.3, -0.25) is 23.7 Å². The molecule has 19 heteroatoms. The van der Waals surface area contributed by atoms with Crippen molar-refractivity contribution >= 4 is 28.3 Å². The predicted octanol–water partition coefficient (Wildman–Crippen LogP) is -4.96. The van der Waals surface area contributed by atoms with Crippen LogP contribution in [0.5, 0.6) is 0 Å². The van der Waals surface area contributed by atoms with Crippen LogP contribution >= 0.6 is 0 Å². The minimum Gasteiger partial charge on any atom is -0.394 e. The third-order valence-corrected chi connectivity index (χ3v) is 6.40. The van der Waals surface area contributed by atoms with E-state index >= 15 is 0 Å². The second kappa shape index (κ2) is 10.4. The normalized spacial score (nSPS) is 30.6. The number of nitrogens with zero attached hydrogens (tertiary/aromatic N) is 6. The van der Waals surface area contributed by atoms with Crippen LogP contribution in [-0.2, 0) is 9.47 Å². The zero-order valence-electron chi connectivity index (χ0n) is 19.8. The van der Waals surface area contributed by atoms with E-state index in [0.717, 1.165) is 0 Å². The first-order valence-electron chi connectivity index (χ1n) is 11.5. The van der Waals surface area contributed by atoms with E-state index in [1.807, 2.05) is 0 Å². The summed E-state index contributed by atoms with van der Waals surface area (Å²) >= 11 is 0. The summed E-state index contributed by atoms with van der Waals surface area (Å²) < 4.78 is 13.3. The average Bonchev–Trinajstić information content (AvgIpc) is 3.66. The van der Waals surface area contributed by atoms with Crippen LogP contribution in [0, 0.1) is 0 Å². The molecule has 0 aliphatic carbocycles. The zero-order chi connectivity index (χ0) is 28.0. The van der Waals surface area contributed by atoms with E-state index in [0.29, 0.717) is 0 Å². The number of aromatic nitrogens is 8. The average molecular weight is 551 g/mol. The molecule has 4 aromatic heterocycles. The molecular weight excluding hydrogens is 526 g/mol. The summed E-state index contributed by atoms with van der Waals surface area (Å²) in [6.07, 6.45) is -5.00. The van der Waals surface area contributed by atoms with E-state index in [9.17, 15) is 30.0 Å². The molecule has 6 heterocycles. The third-order valence-electron chi connectivity index (χ3n) is 6.40. The van der Waals surface area contributed by atoms with Crippen LogP contribution in [0.1, 0.15) is 12.5 Å². The molecule has 0 spiro atoms. The van der Waals surface area contributed by atoms with Gasteiger partial charge in [-0.05, 0) is 0 Å². The van der Waals surface area contributed by atoms with E-state index in [2.05, 4.69) is 29.9 Å². The molecule has 8 atom stereocenters. The summed E-state index contributed by atoms with van der Waals surface area (Å²) in [5.41, 5.74) is 5.05. The fraction of sp³-hybridized carbons (Fsp3) is 0.500. The lowest BCUT2D eigenvalue weighted by Crippen LogP contribution is -2.33. The molecule has 0 saturated carbocycles. The number of fused-ring (bicyclic) bond motifs is 2. The van der Waals surface area contributed by atoms with Gasteiger partial charge in [0.05, 0.1) is 32.2 Å². The number of hydrogen-bond donors (Lipinski definition) is 9. The molecule has 4 aromatic rings.